The van der Waals surface area contributed by atoms with Crippen LogP contribution in [0.5, 0.6) is 0 Å². The van der Waals surface area contributed by atoms with Crippen LogP contribution in [0.15, 0.2) is 10.2 Å². The Hall–Kier alpha value is -0.730. The van der Waals surface area contributed by atoms with E-state index in [0.717, 1.165) is 12.8 Å². The summed E-state index contributed by atoms with van der Waals surface area (Å²) in [7, 11) is 0. The summed E-state index contributed by atoms with van der Waals surface area (Å²) in [6.45, 7) is 3.59. The van der Waals surface area contributed by atoms with Crippen molar-refractivity contribution in [1.82, 2.24) is 0 Å². The summed E-state index contributed by atoms with van der Waals surface area (Å²) >= 11 is 0. The summed E-state index contributed by atoms with van der Waals surface area (Å²) in [5.41, 5.74) is -0.116. The number of hydrogen-bond donors (Lipinski definition) is 0. The van der Waals surface area contributed by atoms with Crippen molar-refractivity contribution in [3.05, 3.63) is 0 Å². The highest BCUT2D eigenvalue weighted by molar-refractivity contribution is 5.75. The minimum absolute atomic E-state index is 0.116. The molecule has 0 unspecified atom stereocenters. The molecule has 56 valence electrons. The van der Waals surface area contributed by atoms with Crippen LogP contribution in [0.3, 0.4) is 0 Å². The highest BCUT2D eigenvalue weighted by Crippen LogP contribution is 2.32. The normalized spacial score (nSPS) is 19.0. The summed E-state index contributed by atoms with van der Waals surface area (Å²) in [5.74, 6) is 0.254. The molecule has 0 aromatic carbocycles. The van der Waals surface area contributed by atoms with Gasteiger partial charge in [-0.3, -0.25) is 0 Å². The summed E-state index contributed by atoms with van der Waals surface area (Å²) < 4.78 is 0. The fourth-order valence-electron chi connectivity index (χ4n) is 0.858. The molecule has 1 rings (SSSR count). The lowest BCUT2D eigenvalue weighted by atomic mass is 10.1. The number of carbonyl (C=O) groups is 1. The smallest absolute Gasteiger partial charge is 0.188 e. The molecular formula is C7H12N2O. The Labute approximate surface area is 60.5 Å². The first-order chi connectivity index (χ1) is 4.62. The zero-order valence-electron chi connectivity index (χ0n) is 6.42. The Kier molecular flexibility index (Phi) is 1.83. The lowest BCUT2D eigenvalue weighted by molar-refractivity contribution is -0.117. The first-order valence-electron chi connectivity index (χ1n) is 3.56. The van der Waals surface area contributed by atoms with Crippen LogP contribution >= 0.6 is 0 Å². The van der Waals surface area contributed by atoms with Crippen LogP contribution in [-0.2, 0) is 4.79 Å². The average molecular weight is 140 g/mol. The molecule has 0 aliphatic carbocycles. The fraction of sp³-hybridized carbons (Fsp3) is 0.857. The van der Waals surface area contributed by atoms with E-state index in [-0.39, 0.29) is 11.4 Å². The summed E-state index contributed by atoms with van der Waals surface area (Å²) in [4.78, 5) is 10.5. The van der Waals surface area contributed by atoms with Crippen molar-refractivity contribution in [2.75, 3.05) is 0 Å². The van der Waals surface area contributed by atoms with E-state index in [0.29, 0.717) is 6.42 Å². The minimum atomic E-state index is -0.116. The van der Waals surface area contributed by atoms with Gasteiger partial charge < -0.3 is 4.79 Å². The highest BCUT2D eigenvalue weighted by Gasteiger charge is 2.32. The standard InChI is InChI=1S/C7H12N2O/c1-6(10)4-3-5-7(2)8-9-7/h3-5H2,1-2H3. The van der Waals surface area contributed by atoms with Gasteiger partial charge in [-0.05, 0) is 26.7 Å². The van der Waals surface area contributed by atoms with Gasteiger partial charge in [0.05, 0.1) is 0 Å². The van der Waals surface area contributed by atoms with E-state index in [9.17, 15) is 4.79 Å². The van der Waals surface area contributed by atoms with Gasteiger partial charge in [0.25, 0.3) is 0 Å². The number of nitrogens with zero attached hydrogens (tertiary/aromatic N) is 2. The maximum Gasteiger partial charge on any atom is 0.188 e. The Balaban J connectivity index is 2.01. The molecule has 1 aliphatic rings. The van der Waals surface area contributed by atoms with Crippen LogP contribution in [0.4, 0.5) is 0 Å². The zero-order valence-corrected chi connectivity index (χ0v) is 6.42. The molecule has 3 heteroatoms. The molecule has 0 spiro atoms. The van der Waals surface area contributed by atoms with Crippen molar-refractivity contribution < 1.29 is 4.79 Å². The van der Waals surface area contributed by atoms with Gasteiger partial charge in [0.1, 0.15) is 5.78 Å². The molecule has 0 aromatic heterocycles. The quantitative estimate of drug-likeness (QED) is 0.588. The number of carbonyl (C=O) groups excluding carboxylic acids is 1. The van der Waals surface area contributed by atoms with Gasteiger partial charge in [0.2, 0.25) is 0 Å². The predicted octanol–water partition coefficient (Wildman–Crippen LogP) is 1.93. The minimum Gasteiger partial charge on any atom is -0.300 e. The third-order valence-corrected chi connectivity index (χ3v) is 1.62. The third-order valence-electron chi connectivity index (χ3n) is 1.62. The van der Waals surface area contributed by atoms with Crippen molar-refractivity contribution in [2.45, 2.75) is 38.8 Å². The first-order valence-corrected chi connectivity index (χ1v) is 3.56. The van der Waals surface area contributed by atoms with Crippen molar-refractivity contribution >= 4 is 5.78 Å². The molecule has 3 nitrogen and oxygen atoms in total. The highest BCUT2D eigenvalue weighted by atomic mass is 16.1. The Bertz CT molecular complexity index is 168. The van der Waals surface area contributed by atoms with Crippen molar-refractivity contribution in [3.8, 4) is 0 Å². The molecule has 0 atom stereocenters. The van der Waals surface area contributed by atoms with Gasteiger partial charge in [-0.25, -0.2) is 0 Å². The van der Waals surface area contributed by atoms with Crippen molar-refractivity contribution in [2.24, 2.45) is 10.2 Å². The molecule has 0 saturated heterocycles. The molecule has 0 N–H and O–H groups in total. The second-order valence-electron chi connectivity index (χ2n) is 2.97. The molecule has 1 heterocycles. The lowest BCUT2D eigenvalue weighted by Gasteiger charge is -1.99. The molecule has 0 amide bonds. The zero-order chi connectivity index (χ0) is 7.61. The van der Waals surface area contributed by atoms with Gasteiger partial charge in [0.15, 0.2) is 5.66 Å². The van der Waals surface area contributed by atoms with Gasteiger partial charge in [-0.15, -0.1) is 0 Å². The van der Waals surface area contributed by atoms with Crippen LogP contribution in [0.2, 0.25) is 0 Å². The van der Waals surface area contributed by atoms with Gasteiger partial charge in [-0.2, -0.15) is 10.2 Å². The molecule has 0 saturated carbocycles. The number of rotatable bonds is 4. The second-order valence-corrected chi connectivity index (χ2v) is 2.97. The lowest BCUT2D eigenvalue weighted by Crippen LogP contribution is -2.04. The van der Waals surface area contributed by atoms with Crippen LogP contribution in [0.1, 0.15) is 33.1 Å². The Morgan fingerprint density at radius 1 is 1.50 bits per heavy atom. The molecule has 10 heavy (non-hydrogen) atoms. The van der Waals surface area contributed by atoms with Gasteiger partial charge in [-0.1, -0.05) is 0 Å². The molecule has 0 aromatic rings. The summed E-state index contributed by atoms with van der Waals surface area (Å²) in [6, 6.07) is 0. The first kappa shape index (κ1) is 7.38. The van der Waals surface area contributed by atoms with Crippen molar-refractivity contribution in [1.29, 1.82) is 0 Å². The maximum absolute atomic E-state index is 10.5. The van der Waals surface area contributed by atoms with E-state index in [1.54, 1.807) is 6.92 Å². The monoisotopic (exact) mass is 140 g/mol. The van der Waals surface area contributed by atoms with Crippen LogP contribution in [0.25, 0.3) is 0 Å². The SMILES string of the molecule is CC(=O)CCCC1(C)N=N1. The largest absolute Gasteiger partial charge is 0.300 e. The summed E-state index contributed by atoms with van der Waals surface area (Å²) in [5, 5.41) is 7.69. The summed E-state index contributed by atoms with van der Waals surface area (Å²) in [6.07, 6.45) is 2.51. The van der Waals surface area contributed by atoms with Crippen molar-refractivity contribution in [3.63, 3.8) is 0 Å². The molecule has 0 radical (unpaired) electrons. The van der Waals surface area contributed by atoms with Crippen LogP contribution in [-0.4, -0.2) is 11.4 Å². The van der Waals surface area contributed by atoms with E-state index in [1.165, 1.54) is 0 Å². The molecule has 1 aliphatic heterocycles. The predicted molar refractivity (Wildman–Crippen MR) is 37.8 cm³/mol. The molecular weight excluding hydrogens is 128 g/mol. The Morgan fingerprint density at radius 2 is 2.10 bits per heavy atom. The second kappa shape index (κ2) is 2.48. The van der Waals surface area contributed by atoms with E-state index < -0.39 is 0 Å². The van der Waals surface area contributed by atoms with E-state index in [2.05, 4.69) is 10.2 Å². The molecule has 0 fully saturated rings. The van der Waals surface area contributed by atoms with Gasteiger partial charge >= 0.3 is 0 Å². The topological polar surface area (TPSA) is 41.8 Å². The third kappa shape index (κ3) is 2.25. The van der Waals surface area contributed by atoms with E-state index >= 15 is 0 Å². The van der Waals surface area contributed by atoms with E-state index in [4.69, 9.17) is 0 Å². The Morgan fingerprint density at radius 3 is 2.50 bits per heavy atom. The molecule has 0 bridgehead atoms. The van der Waals surface area contributed by atoms with E-state index in [1.807, 2.05) is 6.92 Å². The average Bonchev–Trinajstić information content (AvgIpc) is 2.47. The van der Waals surface area contributed by atoms with Crippen LogP contribution < -0.4 is 0 Å². The number of hydrogen-bond acceptors (Lipinski definition) is 3. The maximum atomic E-state index is 10.5. The van der Waals surface area contributed by atoms with Crippen LogP contribution in [0, 0.1) is 0 Å². The fourth-order valence-corrected chi connectivity index (χ4v) is 0.858. The number of ketones is 1. The van der Waals surface area contributed by atoms with Gasteiger partial charge in [0, 0.05) is 6.42 Å². The number of Topliss-reactive ketones (excluding diaryl/α,β-unsaturated/α-hetero) is 1.